The zero-order valence-corrected chi connectivity index (χ0v) is 34.0. The Labute approximate surface area is 360 Å². The number of hydrogen-bond donors (Lipinski definition) is 0. The lowest BCUT2D eigenvalue weighted by atomic mass is 9.93. The van der Waals surface area contributed by atoms with Crippen LogP contribution in [0.4, 0.5) is 17.1 Å². The third-order valence-electron chi connectivity index (χ3n) is 12.5. The van der Waals surface area contributed by atoms with Gasteiger partial charge in [0.25, 0.3) is 0 Å². The number of aromatic nitrogens is 1. The summed E-state index contributed by atoms with van der Waals surface area (Å²) in [6.07, 6.45) is 0. The first-order chi connectivity index (χ1) is 30.7. The van der Waals surface area contributed by atoms with E-state index in [1.54, 1.807) is 0 Å². The highest BCUT2D eigenvalue weighted by molar-refractivity contribution is 6.19. The molecule has 11 aromatic carbocycles. The quantitative estimate of drug-likeness (QED) is 0.146. The number of anilines is 3. The molecule has 290 valence electrons. The maximum atomic E-state index is 2.44. The fraction of sp³-hybridized carbons (Fsp3) is 0. The lowest BCUT2D eigenvalue weighted by Gasteiger charge is -2.27. The molecule has 0 aliphatic rings. The van der Waals surface area contributed by atoms with Crippen molar-refractivity contribution >= 4 is 71.2 Å². The van der Waals surface area contributed by atoms with Gasteiger partial charge in [0.15, 0.2) is 0 Å². The van der Waals surface area contributed by atoms with Crippen LogP contribution in [0.5, 0.6) is 0 Å². The third kappa shape index (κ3) is 6.04. The zero-order chi connectivity index (χ0) is 41.0. The summed E-state index contributed by atoms with van der Waals surface area (Å²) < 4.78 is 2.44. The molecule has 0 radical (unpaired) electrons. The Morgan fingerprint density at radius 2 is 0.790 bits per heavy atom. The van der Waals surface area contributed by atoms with E-state index in [4.69, 9.17) is 0 Å². The number of fused-ring (bicyclic) bond motifs is 8. The molecule has 0 aliphatic carbocycles. The van der Waals surface area contributed by atoms with Gasteiger partial charge in [-0.25, -0.2) is 0 Å². The lowest BCUT2D eigenvalue weighted by Crippen LogP contribution is -2.10. The van der Waals surface area contributed by atoms with E-state index >= 15 is 0 Å². The van der Waals surface area contributed by atoms with Gasteiger partial charge in [0, 0.05) is 38.9 Å². The molecular formula is C60H40N2. The van der Waals surface area contributed by atoms with Crippen molar-refractivity contribution in [2.75, 3.05) is 4.90 Å². The molecular weight excluding hydrogens is 749 g/mol. The highest BCUT2D eigenvalue weighted by atomic mass is 15.1. The molecule has 0 bridgehead atoms. The summed E-state index contributed by atoms with van der Waals surface area (Å²) >= 11 is 0. The SMILES string of the molecule is c1ccc(-c2ccc(N(c3ccc(-c4ccc5c6ccc7ccccc7c6n(-c6ccccc6)c5c4)cc3)c3ccc4ccc5ccccc5c4c3)cc2-c2ccccc2)cc1. The Bertz CT molecular complexity index is 3610. The fourth-order valence-corrected chi connectivity index (χ4v) is 9.58. The average Bonchev–Trinajstić information content (AvgIpc) is 3.69. The first-order valence-corrected chi connectivity index (χ1v) is 21.3. The standard InChI is InChI=1S/C60H40N2/c1-4-14-42(15-5-1)53-37-34-51(40-57(53)43-16-6-2-7-17-43)61(50-33-28-46-25-24-44-18-10-12-22-52(44)58(46)39-50)49-31-26-41(27-32-49)47-30-35-55-56-36-29-45-19-11-13-23-54(45)60(56)62(59(55)38-47)48-20-8-3-9-21-48/h1-40H. The van der Waals surface area contributed by atoms with Gasteiger partial charge in [0.1, 0.15) is 0 Å². The smallest absolute Gasteiger partial charge is 0.0619 e. The Morgan fingerprint density at radius 1 is 0.274 bits per heavy atom. The predicted molar refractivity (Wildman–Crippen MR) is 264 cm³/mol. The molecule has 0 N–H and O–H groups in total. The van der Waals surface area contributed by atoms with E-state index in [0.29, 0.717) is 0 Å². The molecule has 0 unspecified atom stereocenters. The normalized spacial score (nSPS) is 11.5. The number of nitrogens with zero attached hydrogens (tertiary/aromatic N) is 2. The maximum Gasteiger partial charge on any atom is 0.0619 e. The average molecular weight is 789 g/mol. The summed E-state index contributed by atoms with van der Waals surface area (Å²) in [5.41, 5.74) is 14.0. The summed E-state index contributed by atoms with van der Waals surface area (Å²) in [4.78, 5) is 2.41. The Morgan fingerprint density at radius 3 is 1.53 bits per heavy atom. The van der Waals surface area contributed by atoms with Gasteiger partial charge in [-0.1, -0.05) is 188 Å². The molecule has 0 saturated heterocycles. The summed E-state index contributed by atoms with van der Waals surface area (Å²) in [6.45, 7) is 0. The van der Waals surface area contributed by atoms with E-state index in [1.165, 1.54) is 87.5 Å². The van der Waals surface area contributed by atoms with Crippen molar-refractivity contribution in [1.82, 2.24) is 4.57 Å². The van der Waals surface area contributed by atoms with Gasteiger partial charge in [-0.05, 0) is 115 Å². The van der Waals surface area contributed by atoms with Crippen molar-refractivity contribution in [1.29, 1.82) is 0 Å². The number of benzene rings is 11. The zero-order valence-electron chi connectivity index (χ0n) is 34.0. The van der Waals surface area contributed by atoms with Crippen molar-refractivity contribution in [3.8, 4) is 39.1 Å². The molecule has 1 heterocycles. The van der Waals surface area contributed by atoms with Crippen LogP contribution < -0.4 is 4.90 Å². The van der Waals surface area contributed by atoms with Crippen LogP contribution in [0.2, 0.25) is 0 Å². The van der Waals surface area contributed by atoms with E-state index in [-0.39, 0.29) is 0 Å². The van der Waals surface area contributed by atoms with Crippen LogP contribution in [0.25, 0.3) is 93.2 Å². The monoisotopic (exact) mass is 788 g/mol. The second-order valence-corrected chi connectivity index (χ2v) is 16.1. The minimum atomic E-state index is 1.09. The minimum absolute atomic E-state index is 1.09. The molecule has 0 spiro atoms. The van der Waals surface area contributed by atoms with E-state index in [1.807, 2.05) is 0 Å². The van der Waals surface area contributed by atoms with E-state index in [2.05, 4.69) is 252 Å². The number of rotatable bonds is 7. The Hall–Kier alpha value is -8.20. The summed E-state index contributed by atoms with van der Waals surface area (Å²) in [5, 5.41) is 9.96. The second kappa shape index (κ2) is 14.8. The Balaban J connectivity index is 1.03. The molecule has 62 heavy (non-hydrogen) atoms. The van der Waals surface area contributed by atoms with E-state index in [9.17, 15) is 0 Å². The van der Waals surface area contributed by atoms with Gasteiger partial charge in [-0.15, -0.1) is 0 Å². The van der Waals surface area contributed by atoms with Crippen LogP contribution in [0.15, 0.2) is 243 Å². The van der Waals surface area contributed by atoms with Crippen LogP contribution in [0.3, 0.4) is 0 Å². The molecule has 12 aromatic rings. The highest BCUT2D eigenvalue weighted by Gasteiger charge is 2.19. The van der Waals surface area contributed by atoms with Gasteiger partial charge in [-0.3, -0.25) is 0 Å². The molecule has 0 saturated carbocycles. The fourth-order valence-electron chi connectivity index (χ4n) is 9.58. The van der Waals surface area contributed by atoms with Crippen molar-refractivity contribution in [3.05, 3.63) is 243 Å². The van der Waals surface area contributed by atoms with Gasteiger partial charge < -0.3 is 9.47 Å². The highest BCUT2D eigenvalue weighted by Crippen LogP contribution is 2.43. The maximum absolute atomic E-state index is 2.44. The summed E-state index contributed by atoms with van der Waals surface area (Å²) in [5.74, 6) is 0. The van der Waals surface area contributed by atoms with E-state index in [0.717, 1.165) is 22.7 Å². The number of para-hydroxylation sites is 1. The van der Waals surface area contributed by atoms with Crippen LogP contribution in [0.1, 0.15) is 0 Å². The minimum Gasteiger partial charge on any atom is -0.310 e. The van der Waals surface area contributed by atoms with Gasteiger partial charge in [0.05, 0.1) is 11.0 Å². The van der Waals surface area contributed by atoms with Crippen molar-refractivity contribution < 1.29 is 0 Å². The van der Waals surface area contributed by atoms with Crippen molar-refractivity contribution in [3.63, 3.8) is 0 Å². The largest absolute Gasteiger partial charge is 0.310 e. The van der Waals surface area contributed by atoms with Crippen LogP contribution in [-0.4, -0.2) is 4.57 Å². The van der Waals surface area contributed by atoms with Crippen molar-refractivity contribution in [2.24, 2.45) is 0 Å². The van der Waals surface area contributed by atoms with Crippen LogP contribution >= 0.6 is 0 Å². The molecule has 2 nitrogen and oxygen atoms in total. The van der Waals surface area contributed by atoms with Crippen LogP contribution in [0, 0.1) is 0 Å². The molecule has 0 atom stereocenters. The third-order valence-corrected chi connectivity index (χ3v) is 12.5. The molecule has 12 rings (SSSR count). The molecule has 0 aliphatic heterocycles. The first kappa shape index (κ1) is 35.7. The molecule has 0 fully saturated rings. The molecule has 1 aromatic heterocycles. The topological polar surface area (TPSA) is 8.17 Å². The van der Waals surface area contributed by atoms with Crippen LogP contribution in [-0.2, 0) is 0 Å². The van der Waals surface area contributed by atoms with Gasteiger partial charge in [-0.2, -0.15) is 0 Å². The molecule has 0 amide bonds. The van der Waals surface area contributed by atoms with E-state index < -0.39 is 0 Å². The molecule has 2 heteroatoms. The summed E-state index contributed by atoms with van der Waals surface area (Å²) in [7, 11) is 0. The van der Waals surface area contributed by atoms with Crippen molar-refractivity contribution in [2.45, 2.75) is 0 Å². The van der Waals surface area contributed by atoms with Gasteiger partial charge >= 0.3 is 0 Å². The Kier molecular flexibility index (Phi) is 8.53. The predicted octanol–water partition coefficient (Wildman–Crippen LogP) is 16.7. The summed E-state index contributed by atoms with van der Waals surface area (Å²) in [6, 6.07) is 88.5. The second-order valence-electron chi connectivity index (χ2n) is 16.1. The first-order valence-electron chi connectivity index (χ1n) is 21.3. The lowest BCUT2D eigenvalue weighted by molar-refractivity contribution is 1.19. The van der Waals surface area contributed by atoms with Gasteiger partial charge in [0.2, 0.25) is 0 Å². The number of hydrogen-bond acceptors (Lipinski definition) is 1.